The molecule has 0 unspecified atom stereocenters. The van der Waals surface area contributed by atoms with Crippen LogP contribution in [0.15, 0.2) is 24.4 Å². The Morgan fingerprint density at radius 2 is 2.18 bits per heavy atom. The maximum absolute atomic E-state index is 12.7. The number of aromatic nitrogens is 1. The van der Waals surface area contributed by atoms with Gasteiger partial charge in [-0.25, -0.2) is 0 Å². The van der Waals surface area contributed by atoms with Crippen LogP contribution in [0, 0.1) is 6.92 Å². The predicted octanol–water partition coefficient (Wildman–Crippen LogP) is 2.81. The lowest BCUT2D eigenvalue weighted by Crippen LogP contribution is -2.11. The summed E-state index contributed by atoms with van der Waals surface area (Å²) in [6, 6.07) is 2.47. The zero-order valence-corrected chi connectivity index (χ0v) is 8.95. The molecule has 0 amide bonds. The lowest BCUT2D eigenvalue weighted by molar-refractivity contribution is -0.136. The van der Waals surface area contributed by atoms with Crippen molar-refractivity contribution in [1.29, 1.82) is 0 Å². The summed E-state index contributed by atoms with van der Waals surface area (Å²) in [6.45, 7) is 1.56. The molecule has 3 nitrogen and oxygen atoms in total. The summed E-state index contributed by atoms with van der Waals surface area (Å²) in [5.41, 5.74) is -0.593. The monoisotopic (exact) mass is 245 g/mol. The van der Waals surface area contributed by atoms with Crippen LogP contribution in [0.5, 0.6) is 0 Å². The number of carbonyl (C=O) groups is 1. The minimum absolute atomic E-state index is 0.0775. The third-order valence-electron chi connectivity index (χ3n) is 1.99. The van der Waals surface area contributed by atoms with Gasteiger partial charge in [0.05, 0.1) is 12.0 Å². The van der Waals surface area contributed by atoms with E-state index in [0.717, 1.165) is 0 Å². The first kappa shape index (κ1) is 13.2. The predicted molar refractivity (Wildman–Crippen MR) is 55.3 cm³/mol. The van der Waals surface area contributed by atoms with Gasteiger partial charge in [-0.3, -0.25) is 9.78 Å². The van der Waals surface area contributed by atoms with Crippen molar-refractivity contribution in [2.45, 2.75) is 19.5 Å². The van der Waals surface area contributed by atoms with E-state index < -0.39 is 24.1 Å². The van der Waals surface area contributed by atoms with Crippen molar-refractivity contribution in [3.63, 3.8) is 0 Å². The Bertz CT molecular complexity index is 452. The highest BCUT2D eigenvalue weighted by Crippen LogP contribution is 2.34. The lowest BCUT2D eigenvalue weighted by atomic mass is 10.0. The first-order chi connectivity index (χ1) is 7.80. The Hall–Kier alpha value is -1.85. The molecule has 1 aromatic heterocycles. The average Bonchev–Trinajstić information content (AvgIpc) is 2.15. The van der Waals surface area contributed by atoms with Crippen molar-refractivity contribution in [3.05, 3.63) is 35.7 Å². The molecular formula is C11H10F3NO2. The van der Waals surface area contributed by atoms with Crippen LogP contribution in [-0.4, -0.2) is 22.2 Å². The molecule has 17 heavy (non-hydrogen) atoms. The quantitative estimate of drug-likeness (QED) is 0.890. The number of carboxylic acid groups (broad SMARTS) is 1. The fraction of sp³-hybridized carbons (Fsp3) is 0.273. The van der Waals surface area contributed by atoms with Gasteiger partial charge < -0.3 is 5.11 Å². The van der Waals surface area contributed by atoms with Crippen LogP contribution in [-0.2, 0) is 4.79 Å². The Morgan fingerprint density at radius 1 is 1.53 bits per heavy atom. The molecule has 1 rings (SSSR count). The van der Waals surface area contributed by atoms with Crippen LogP contribution in [0.3, 0.4) is 0 Å². The molecule has 0 aromatic carbocycles. The topological polar surface area (TPSA) is 50.2 Å². The van der Waals surface area contributed by atoms with Crippen LogP contribution in [0.25, 0.3) is 5.57 Å². The van der Waals surface area contributed by atoms with Gasteiger partial charge >= 0.3 is 12.1 Å². The van der Waals surface area contributed by atoms with Crippen molar-refractivity contribution in [2.24, 2.45) is 0 Å². The van der Waals surface area contributed by atoms with Gasteiger partial charge in [-0.05, 0) is 24.6 Å². The van der Waals surface area contributed by atoms with E-state index in [9.17, 15) is 18.0 Å². The van der Waals surface area contributed by atoms with Gasteiger partial charge in [-0.15, -0.1) is 0 Å². The molecular weight excluding hydrogens is 235 g/mol. The van der Waals surface area contributed by atoms with Crippen LogP contribution in [0.1, 0.15) is 17.7 Å². The third kappa shape index (κ3) is 3.90. The number of pyridine rings is 1. The van der Waals surface area contributed by atoms with Crippen molar-refractivity contribution >= 4 is 11.5 Å². The molecule has 1 N–H and O–H groups in total. The molecule has 0 spiro atoms. The summed E-state index contributed by atoms with van der Waals surface area (Å²) in [5, 5.41) is 8.41. The van der Waals surface area contributed by atoms with Gasteiger partial charge in [0.1, 0.15) is 0 Å². The summed E-state index contributed by atoms with van der Waals surface area (Å²) in [5.74, 6) is -1.31. The molecule has 0 aliphatic carbocycles. The Morgan fingerprint density at radius 3 is 2.65 bits per heavy atom. The molecule has 1 heterocycles. The summed E-state index contributed by atoms with van der Waals surface area (Å²) >= 11 is 0. The highest BCUT2D eigenvalue weighted by atomic mass is 19.4. The fourth-order valence-electron chi connectivity index (χ4n) is 1.30. The molecule has 0 saturated heterocycles. The SMILES string of the molecule is Cc1cc(/C(=C/CC(=O)O)C(F)(F)F)ccn1. The van der Waals surface area contributed by atoms with Gasteiger partial charge in [0, 0.05) is 11.9 Å². The molecule has 0 aliphatic heterocycles. The Balaban J connectivity index is 3.16. The second kappa shape index (κ2) is 4.99. The number of aryl methyl sites for hydroxylation is 1. The van der Waals surface area contributed by atoms with Crippen molar-refractivity contribution in [3.8, 4) is 0 Å². The number of allylic oxidation sites excluding steroid dienone is 1. The number of alkyl halides is 3. The van der Waals surface area contributed by atoms with E-state index in [1.807, 2.05) is 0 Å². The van der Waals surface area contributed by atoms with Gasteiger partial charge in [0.2, 0.25) is 0 Å². The molecule has 0 atom stereocenters. The second-order valence-electron chi connectivity index (χ2n) is 3.40. The molecule has 0 saturated carbocycles. The van der Waals surface area contributed by atoms with Crippen LogP contribution >= 0.6 is 0 Å². The Kier molecular flexibility index (Phi) is 3.88. The minimum atomic E-state index is -4.58. The van der Waals surface area contributed by atoms with E-state index in [0.29, 0.717) is 11.8 Å². The summed E-state index contributed by atoms with van der Waals surface area (Å²) in [6.07, 6.45) is -3.33. The van der Waals surface area contributed by atoms with Gasteiger partial charge in [-0.2, -0.15) is 13.2 Å². The first-order valence-electron chi connectivity index (χ1n) is 4.73. The highest BCUT2D eigenvalue weighted by molar-refractivity contribution is 5.76. The smallest absolute Gasteiger partial charge is 0.416 e. The van der Waals surface area contributed by atoms with Gasteiger partial charge in [0.15, 0.2) is 0 Å². The normalized spacial score (nSPS) is 12.6. The fourth-order valence-corrected chi connectivity index (χ4v) is 1.30. The van der Waals surface area contributed by atoms with Crippen molar-refractivity contribution in [2.75, 3.05) is 0 Å². The van der Waals surface area contributed by atoms with E-state index in [4.69, 9.17) is 5.11 Å². The van der Waals surface area contributed by atoms with Crippen LogP contribution < -0.4 is 0 Å². The maximum atomic E-state index is 12.7. The minimum Gasteiger partial charge on any atom is -0.481 e. The molecule has 0 radical (unpaired) electrons. The number of nitrogens with zero attached hydrogens (tertiary/aromatic N) is 1. The first-order valence-corrected chi connectivity index (χ1v) is 4.73. The van der Waals surface area contributed by atoms with E-state index in [2.05, 4.69) is 4.98 Å². The molecule has 0 bridgehead atoms. The number of rotatable bonds is 3. The number of hydrogen-bond donors (Lipinski definition) is 1. The summed E-state index contributed by atoms with van der Waals surface area (Å²) in [4.78, 5) is 14.1. The summed E-state index contributed by atoms with van der Waals surface area (Å²) in [7, 11) is 0. The standard InChI is InChI=1S/C11H10F3NO2/c1-7-6-8(4-5-15-7)9(11(12,13)14)2-3-10(16)17/h2,4-6H,3H2,1H3,(H,16,17)/b9-2-. The number of halogens is 3. The van der Waals surface area contributed by atoms with Crippen LogP contribution in [0.2, 0.25) is 0 Å². The van der Waals surface area contributed by atoms with E-state index in [1.165, 1.54) is 18.3 Å². The van der Waals surface area contributed by atoms with Gasteiger partial charge in [0.25, 0.3) is 0 Å². The molecule has 0 fully saturated rings. The van der Waals surface area contributed by atoms with E-state index in [1.54, 1.807) is 6.92 Å². The number of aliphatic carboxylic acids is 1. The molecule has 0 aliphatic rings. The number of carboxylic acids is 1. The van der Waals surface area contributed by atoms with Gasteiger partial charge in [-0.1, -0.05) is 6.08 Å². The average molecular weight is 245 g/mol. The molecule has 1 aromatic rings. The third-order valence-corrected chi connectivity index (χ3v) is 1.99. The highest BCUT2D eigenvalue weighted by Gasteiger charge is 2.34. The van der Waals surface area contributed by atoms with Crippen LogP contribution in [0.4, 0.5) is 13.2 Å². The largest absolute Gasteiger partial charge is 0.481 e. The maximum Gasteiger partial charge on any atom is 0.416 e. The second-order valence-corrected chi connectivity index (χ2v) is 3.40. The van der Waals surface area contributed by atoms with Crippen molar-refractivity contribution < 1.29 is 23.1 Å². The lowest BCUT2D eigenvalue weighted by Gasteiger charge is -2.12. The zero-order valence-electron chi connectivity index (χ0n) is 8.95. The zero-order chi connectivity index (χ0) is 13.1. The van der Waals surface area contributed by atoms with E-state index in [-0.39, 0.29) is 5.56 Å². The summed E-state index contributed by atoms with van der Waals surface area (Å²) < 4.78 is 38.1. The number of hydrogen-bond acceptors (Lipinski definition) is 2. The van der Waals surface area contributed by atoms with Crippen molar-refractivity contribution in [1.82, 2.24) is 4.98 Å². The molecule has 92 valence electrons. The van der Waals surface area contributed by atoms with E-state index >= 15 is 0 Å². The molecule has 6 heteroatoms. The Labute approximate surface area is 95.6 Å².